The molecule has 2 N–H and O–H groups in total. The third-order valence-corrected chi connectivity index (χ3v) is 4.18. The van der Waals surface area contributed by atoms with Crippen molar-refractivity contribution in [3.05, 3.63) is 59.2 Å². The molecule has 0 aliphatic rings. The second kappa shape index (κ2) is 5.13. The number of thiophene rings is 1. The van der Waals surface area contributed by atoms with Crippen LogP contribution in [0.25, 0.3) is 10.1 Å². The molecule has 1 atom stereocenters. The number of nitrogens with one attached hydrogen (secondary N) is 1. The quantitative estimate of drug-likeness (QED) is 0.716. The fraction of sp³-hybridized carbons (Fsp3) is 0.125. The van der Waals surface area contributed by atoms with E-state index >= 15 is 0 Å². The molecule has 0 bridgehead atoms. The van der Waals surface area contributed by atoms with Gasteiger partial charge in [-0.15, -0.1) is 11.3 Å². The number of hydrogen-bond acceptors (Lipinski definition) is 3. The lowest BCUT2D eigenvalue weighted by Crippen LogP contribution is -2.08. The molecule has 1 heterocycles. The van der Waals surface area contributed by atoms with E-state index in [2.05, 4.69) is 28.9 Å². The molecule has 2 nitrogen and oxygen atoms in total. The van der Waals surface area contributed by atoms with Crippen molar-refractivity contribution in [2.75, 3.05) is 5.32 Å². The van der Waals surface area contributed by atoms with Crippen LogP contribution in [0.1, 0.15) is 18.5 Å². The molecule has 0 aliphatic heterocycles. The number of anilines is 1. The fourth-order valence-corrected chi connectivity index (χ4v) is 3.02. The maximum Gasteiger partial charge on any atom is 0.132 e. The van der Waals surface area contributed by atoms with Crippen molar-refractivity contribution in [1.29, 1.82) is 0 Å². The van der Waals surface area contributed by atoms with E-state index in [1.54, 1.807) is 17.4 Å². The zero-order chi connectivity index (χ0) is 14.1. The summed E-state index contributed by atoms with van der Waals surface area (Å²) in [5.41, 5.74) is 1.49. The SMILES string of the molecule is CC(Nc1ccc2sccc2c1)c1ccc(O)cc1F. The Hall–Kier alpha value is -2.07. The summed E-state index contributed by atoms with van der Waals surface area (Å²) < 4.78 is 15.0. The van der Waals surface area contributed by atoms with Gasteiger partial charge in [-0.2, -0.15) is 0 Å². The van der Waals surface area contributed by atoms with Gasteiger partial charge in [0.05, 0.1) is 6.04 Å². The first kappa shape index (κ1) is 12.9. The summed E-state index contributed by atoms with van der Waals surface area (Å²) in [4.78, 5) is 0. The second-order valence-corrected chi connectivity index (χ2v) is 5.69. The molecule has 20 heavy (non-hydrogen) atoms. The topological polar surface area (TPSA) is 32.3 Å². The van der Waals surface area contributed by atoms with Gasteiger partial charge in [-0.1, -0.05) is 6.07 Å². The van der Waals surface area contributed by atoms with Crippen molar-refractivity contribution in [3.63, 3.8) is 0 Å². The summed E-state index contributed by atoms with van der Waals surface area (Å²) >= 11 is 1.70. The number of aromatic hydroxyl groups is 1. The molecular formula is C16H14FNOS. The van der Waals surface area contributed by atoms with Crippen molar-refractivity contribution < 1.29 is 9.50 Å². The first-order valence-corrected chi connectivity index (χ1v) is 7.23. The van der Waals surface area contributed by atoms with Crippen molar-refractivity contribution in [1.82, 2.24) is 0 Å². The van der Waals surface area contributed by atoms with Crippen LogP contribution < -0.4 is 5.32 Å². The van der Waals surface area contributed by atoms with Gasteiger partial charge in [-0.05, 0) is 48.0 Å². The van der Waals surface area contributed by atoms with Crippen LogP contribution in [0.2, 0.25) is 0 Å². The zero-order valence-electron chi connectivity index (χ0n) is 10.9. The lowest BCUT2D eigenvalue weighted by atomic mass is 10.1. The average molecular weight is 287 g/mol. The highest BCUT2D eigenvalue weighted by molar-refractivity contribution is 7.17. The summed E-state index contributed by atoms with van der Waals surface area (Å²) in [7, 11) is 0. The Balaban J connectivity index is 1.85. The number of phenols is 1. The van der Waals surface area contributed by atoms with Crippen molar-refractivity contribution in [2.45, 2.75) is 13.0 Å². The summed E-state index contributed by atoms with van der Waals surface area (Å²) in [6.07, 6.45) is 0. The van der Waals surface area contributed by atoms with E-state index in [1.165, 1.54) is 16.2 Å². The highest BCUT2D eigenvalue weighted by Crippen LogP contribution is 2.28. The highest BCUT2D eigenvalue weighted by Gasteiger charge is 2.11. The maximum atomic E-state index is 13.8. The van der Waals surface area contributed by atoms with Crippen LogP contribution in [0, 0.1) is 5.82 Å². The number of halogens is 1. The predicted molar refractivity (Wildman–Crippen MR) is 81.9 cm³/mol. The van der Waals surface area contributed by atoms with Crippen LogP contribution in [-0.4, -0.2) is 5.11 Å². The molecule has 0 saturated carbocycles. The van der Waals surface area contributed by atoms with Gasteiger partial charge >= 0.3 is 0 Å². The van der Waals surface area contributed by atoms with Gasteiger partial charge in [0, 0.05) is 22.0 Å². The Kier molecular flexibility index (Phi) is 3.32. The summed E-state index contributed by atoms with van der Waals surface area (Å²) in [5, 5.41) is 15.8. The summed E-state index contributed by atoms with van der Waals surface area (Å²) in [6, 6.07) is 12.2. The Morgan fingerprint density at radius 1 is 1.15 bits per heavy atom. The molecule has 0 radical (unpaired) electrons. The first-order chi connectivity index (χ1) is 9.63. The standard InChI is InChI=1S/C16H14FNOS/c1-10(14-4-3-13(19)9-15(14)17)18-12-2-5-16-11(8-12)6-7-20-16/h2-10,18-19H,1H3. The molecule has 3 aromatic rings. The van der Waals surface area contributed by atoms with E-state index in [1.807, 2.05) is 13.0 Å². The maximum absolute atomic E-state index is 13.8. The molecule has 1 unspecified atom stereocenters. The van der Waals surface area contributed by atoms with Crippen LogP contribution in [0.3, 0.4) is 0 Å². The molecule has 0 aliphatic carbocycles. The van der Waals surface area contributed by atoms with E-state index in [-0.39, 0.29) is 11.8 Å². The fourth-order valence-electron chi connectivity index (χ4n) is 2.25. The van der Waals surface area contributed by atoms with Crippen molar-refractivity contribution in [2.24, 2.45) is 0 Å². The predicted octanol–water partition coefficient (Wildman–Crippen LogP) is 4.92. The average Bonchev–Trinajstić information content (AvgIpc) is 2.85. The largest absolute Gasteiger partial charge is 0.508 e. The summed E-state index contributed by atoms with van der Waals surface area (Å²) in [6.45, 7) is 1.90. The smallest absolute Gasteiger partial charge is 0.132 e. The highest BCUT2D eigenvalue weighted by atomic mass is 32.1. The van der Waals surface area contributed by atoms with E-state index in [0.717, 1.165) is 11.8 Å². The monoisotopic (exact) mass is 287 g/mol. The molecule has 0 amide bonds. The van der Waals surface area contributed by atoms with E-state index < -0.39 is 5.82 Å². The molecule has 0 spiro atoms. The van der Waals surface area contributed by atoms with Gasteiger partial charge in [-0.25, -0.2) is 4.39 Å². The minimum Gasteiger partial charge on any atom is -0.508 e. The normalized spacial score (nSPS) is 12.5. The minimum absolute atomic E-state index is 0.0573. The summed E-state index contributed by atoms with van der Waals surface area (Å²) in [5.74, 6) is -0.459. The zero-order valence-corrected chi connectivity index (χ0v) is 11.7. The number of fused-ring (bicyclic) bond motifs is 1. The van der Waals surface area contributed by atoms with Crippen molar-refractivity contribution in [3.8, 4) is 5.75 Å². The molecule has 102 valence electrons. The van der Waals surface area contributed by atoms with E-state index in [9.17, 15) is 9.50 Å². The van der Waals surface area contributed by atoms with Gasteiger partial charge in [-0.3, -0.25) is 0 Å². The van der Waals surface area contributed by atoms with Crippen LogP contribution in [-0.2, 0) is 0 Å². The van der Waals surface area contributed by atoms with Gasteiger partial charge in [0.2, 0.25) is 0 Å². The Morgan fingerprint density at radius 2 is 2.00 bits per heavy atom. The Morgan fingerprint density at radius 3 is 2.80 bits per heavy atom. The molecular weight excluding hydrogens is 273 g/mol. The van der Waals surface area contributed by atoms with Crippen LogP contribution in [0.5, 0.6) is 5.75 Å². The molecule has 3 rings (SSSR count). The third-order valence-electron chi connectivity index (χ3n) is 3.29. The van der Waals surface area contributed by atoms with Gasteiger partial charge in [0.15, 0.2) is 0 Å². The first-order valence-electron chi connectivity index (χ1n) is 6.36. The second-order valence-electron chi connectivity index (χ2n) is 4.75. The lowest BCUT2D eigenvalue weighted by molar-refractivity contribution is 0.467. The van der Waals surface area contributed by atoms with Gasteiger partial charge < -0.3 is 10.4 Å². The Labute approximate surface area is 120 Å². The van der Waals surface area contributed by atoms with Crippen molar-refractivity contribution >= 4 is 27.1 Å². The molecule has 2 aromatic carbocycles. The molecule has 1 aromatic heterocycles. The number of phenolic OH excluding ortho intramolecular Hbond substituents is 1. The van der Waals surface area contributed by atoms with Crippen LogP contribution >= 0.6 is 11.3 Å². The van der Waals surface area contributed by atoms with Crippen LogP contribution in [0.15, 0.2) is 47.8 Å². The minimum atomic E-state index is -0.401. The lowest BCUT2D eigenvalue weighted by Gasteiger charge is -2.16. The van der Waals surface area contributed by atoms with E-state index in [4.69, 9.17) is 0 Å². The van der Waals surface area contributed by atoms with Crippen LogP contribution in [0.4, 0.5) is 10.1 Å². The number of rotatable bonds is 3. The third kappa shape index (κ3) is 2.47. The number of hydrogen-bond donors (Lipinski definition) is 2. The molecule has 0 fully saturated rings. The van der Waals surface area contributed by atoms with E-state index in [0.29, 0.717) is 5.56 Å². The molecule has 4 heteroatoms. The molecule has 0 saturated heterocycles. The number of benzene rings is 2. The Bertz CT molecular complexity index is 753. The van der Waals surface area contributed by atoms with Gasteiger partial charge in [0.1, 0.15) is 11.6 Å². The van der Waals surface area contributed by atoms with Gasteiger partial charge in [0.25, 0.3) is 0 Å².